The van der Waals surface area contributed by atoms with Crippen LogP contribution in [0.15, 0.2) is 4.99 Å². The Morgan fingerprint density at radius 2 is 1.93 bits per heavy atom. The van der Waals surface area contributed by atoms with Gasteiger partial charge >= 0.3 is 5.91 Å². The van der Waals surface area contributed by atoms with E-state index in [-0.39, 0.29) is 11.3 Å². The van der Waals surface area contributed by atoms with Gasteiger partial charge in [0.2, 0.25) is 0 Å². The van der Waals surface area contributed by atoms with Crippen molar-refractivity contribution in [3.63, 3.8) is 0 Å². The van der Waals surface area contributed by atoms with E-state index in [1.165, 1.54) is 6.42 Å². The van der Waals surface area contributed by atoms with Gasteiger partial charge < -0.3 is 4.74 Å². The largest absolute Gasteiger partial charge is 0.469 e. The predicted molar refractivity (Wildman–Crippen MR) is 53.0 cm³/mol. The Hall–Kier alpha value is -0.840. The summed E-state index contributed by atoms with van der Waals surface area (Å²) < 4.78 is 5.46. The Morgan fingerprint density at radius 1 is 1.21 bits per heavy atom. The summed E-state index contributed by atoms with van der Waals surface area (Å²) in [5, 5.41) is -0.289. The first-order valence-electron chi connectivity index (χ1n) is 4.77. The number of carbonyl (C=O) groups is 2. The number of ether oxygens (including phenoxy) is 1. The summed E-state index contributed by atoms with van der Waals surface area (Å²) in [5.74, 6) is -0.694. The van der Waals surface area contributed by atoms with Crippen LogP contribution in [-0.2, 0) is 14.3 Å². The monoisotopic (exact) mass is 213 g/mol. The fourth-order valence-corrected chi connectivity index (χ4v) is 2.25. The Balaban J connectivity index is 1.88. The van der Waals surface area contributed by atoms with Gasteiger partial charge in [-0.1, -0.05) is 6.42 Å². The van der Waals surface area contributed by atoms with Crippen molar-refractivity contribution >= 4 is 28.0 Å². The molecule has 0 unspecified atom stereocenters. The first-order valence-corrected chi connectivity index (χ1v) is 5.59. The highest BCUT2D eigenvalue weighted by atomic mass is 32.2. The molecule has 5 heteroatoms. The van der Waals surface area contributed by atoms with Crippen LogP contribution in [0.4, 0.5) is 0 Å². The van der Waals surface area contributed by atoms with E-state index in [0.29, 0.717) is 0 Å². The first kappa shape index (κ1) is 9.71. The lowest BCUT2D eigenvalue weighted by Gasteiger charge is -2.21. The second-order valence-corrected chi connectivity index (χ2v) is 4.37. The molecule has 0 atom stereocenters. The molecule has 0 aromatic carbocycles. The minimum Gasteiger partial charge on any atom is -0.469 e. The summed E-state index contributed by atoms with van der Waals surface area (Å²) in [5.41, 5.74) is 0. The number of nitrogens with zero attached hydrogens (tertiary/aromatic N) is 1. The fraction of sp³-hybridized carbons (Fsp3) is 0.667. The molecule has 76 valence electrons. The van der Waals surface area contributed by atoms with E-state index in [0.717, 1.165) is 37.4 Å². The van der Waals surface area contributed by atoms with Crippen molar-refractivity contribution < 1.29 is 14.3 Å². The number of carbonyl (C=O) groups excluding carboxylic acids is 2. The highest BCUT2D eigenvalue weighted by Crippen LogP contribution is 2.24. The SMILES string of the molecule is O=C1N=C(OC2CCCCC2)SC1=O. The number of thioether (sulfide) groups is 1. The van der Waals surface area contributed by atoms with Crippen LogP contribution in [0.2, 0.25) is 0 Å². The maximum absolute atomic E-state index is 10.8. The third-order valence-electron chi connectivity index (χ3n) is 2.37. The van der Waals surface area contributed by atoms with E-state index in [1.807, 2.05) is 0 Å². The molecule has 0 bridgehead atoms. The van der Waals surface area contributed by atoms with Gasteiger partial charge in [-0.15, -0.1) is 0 Å². The van der Waals surface area contributed by atoms with Crippen molar-refractivity contribution in [3.05, 3.63) is 0 Å². The van der Waals surface area contributed by atoms with Crippen molar-refractivity contribution in [1.29, 1.82) is 0 Å². The maximum atomic E-state index is 10.8. The van der Waals surface area contributed by atoms with E-state index in [1.54, 1.807) is 0 Å². The standard InChI is InChI=1S/C9H11NO3S/c11-7-8(12)14-9(10-7)13-6-4-2-1-3-5-6/h6H,1-5H2. The quantitative estimate of drug-likeness (QED) is 0.619. The van der Waals surface area contributed by atoms with E-state index < -0.39 is 11.0 Å². The number of aliphatic imine (C=N–C) groups is 1. The van der Waals surface area contributed by atoms with Crippen LogP contribution in [0.1, 0.15) is 32.1 Å². The molecule has 14 heavy (non-hydrogen) atoms. The van der Waals surface area contributed by atoms with Crippen molar-refractivity contribution in [1.82, 2.24) is 0 Å². The van der Waals surface area contributed by atoms with E-state index in [2.05, 4.69) is 4.99 Å². The molecule has 1 aliphatic carbocycles. The summed E-state index contributed by atoms with van der Waals surface area (Å²) in [6, 6.07) is 0. The highest BCUT2D eigenvalue weighted by molar-refractivity contribution is 8.28. The van der Waals surface area contributed by atoms with Crippen molar-refractivity contribution in [2.75, 3.05) is 0 Å². The van der Waals surface area contributed by atoms with Crippen molar-refractivity contribution in [2.24, 2.45) is 4.99 Å². The van der Waals surface area contributed by atoms with Crippen LogP contribution < -0.4 is 0 Å². The van der Waals surface area contributed by atoms with Gasteiger partial charge in [-0.3, -0.25) is 9.59 Å². The summed E-state index contributed by atoms with van der Waals surface area (Å²) in [6.07, 6.45) is 5.71. The van der Waals surface area contributed by atoms with Gasteiger partial charge in [0.1, 0.15) is 6.10 Å². The highest BCUT2D eigenvalue weighted by Gasteiger charge is 2.29. The molecule has 0 aromatic heterocycles. The number of hydrogen-bond acceptors (Lipinski definition) is 4. The topological polar surface area (TPSA) is 55.7 Å². The first-order chi connectivity index (χ1) is 6.75. The van der Waals surface area contributed by atoms with Crippen LogP contribution in [0, 0.1) is 0 Å². The lowest BCUT2D eigenvalue weighted by Crippen LogP contribution is -2.18. The Labute approximate surface area is 86.1 Å². The molecule has 1 saturated carbocycles. The molecule has 1 aliphatic heterocycles. The zero-order chi connectivity index (χ0) is 9.97. The van der Waals surface area contributed by atoms with Gasteiger partial charge in [0.25, 0.3) is 10.3 Å². The van der Waals surface area contributed by atoms with Crippen LogP contribution in [0.25, 0.3) is 0 Å². The summed E-state index contributed by atoms with van der Waals surface area (Å²) in [4.78, 5) is 25.2. The lowest BCUT2D eigenvalue weighted by atomic mass is 9.98. The molecule has 2 aliphatic rings. The summed E-state index contributed by atoms with van der Waals surface area (Å²) in [7, 11) is 0. The van der Waals surface area contributed by atoms with Crippen molar-refractivity contribution in [2.45, 2.75) is 38.2 Å². The van der Waals surface area contributed by atoms with Gasteiger partial charge in [0.15, 0.2) is 0 Å². The molecule has 0 spiro atoms. The molecule has 0 saturated heterocycles. The molecule has 0 N–H and O–H groups in total. The van der Waals surface area contributed by atoms with Gasteiger partial charge in [-0.05, 0) is 25.7 Å². The number of rotatable bonds is 1. The van der Waals surface area contributed by atoms with Crippen LogP contribution in [0.3, 0.4) is 0 Å². The zero-order valence-electron chi connectivity index (χ0n) is 7.69. The second-order valence-electron chi connectivity index (χ2n) is 3.45. The van der Waals surface area contributed by atoms with E-state index in [9.17, 15) is 9.59 Å². The molecule has 2 rings (SSSR count). The molecule has 1 fully saturated rings. The molecule has 4 nitrogen and oxygen atoms in total. The Bertz CT molecular complexity index is 294. The van der Waals surface area contributed by atoms with Crippen LogP contribution >= 0.6 is 11.8 Å². The normalized spacial score (nSPS) is 23.9. The zero-order valence-corrected chi connectivity index (χ0v) is 8.51. The Morgan fingerprint density at radius 3 is 2.50 bits per heavy atom. The molecule has 0 radical (unpaired) electrons. The van der Waals surface area contributed by atoms with Crippen molar-refractivity contribution in [3.8, 4) is 0 Å². The maximum Gasteiger partial charge on any atom is 0.328 e. The third-order valence-corrected chi connectivity index (χ3v) is 3.09. The molecular weight excluding hydrogens is 202 g/mol. The fourth-order valence-electron chi connectivity index (χ4n) is 1.65. The minimum absolute atomic E-state index is 0.147. The van der Waals surface area contributed by atoms with Gasteiger partial charge in [-0.2, -0.15) is 4.99 Å². The summed E-state index contributed by atoms with van der Waals surface area (Å²) in [6.45, 7) is 0. The Kier molecular flexibility index (Phi) is 2.86. The van der Waals surface area contributed by atoms with Gasteiger partial charge in [0.05, 0.1) is 0 Å². The predicted octanol–water partition coefficient (Wildman–Crippen LogP) is 1.49. The number of amides is 1. The summed E-state index contributed by atoms with van der Waals surface area (Å²) >= 11 is 0.807. The van der Waals surface area contributed by atoms with E-state index >= 15 is 0 Å². The number of hydrogen-bond donors (Lipinski definition) is 0. The van der Waals surface area contributed by atoms with E-state index in [4.69, 9.17) is 4.74 Å². The molecule has 1 heterocycles. The second kappa shape index (κ2) is 4.13. The molecular formula is C9H11NO3S. The minimum atomic E-state index is -0.694. The average Bonchev–Trinajstić information content (AvgIpc) is 2.47. The molecule has 0 aromatic rings. The van der Waals surface area contributed by atoms with Gasteiger partial charge in [-0.25, -0.2) is 0 Å². The van der Waals surface area contributed by atoms with Crippen LogP contribution in [-0.4, -0.2) is 22.4 Å². The molecule has 1 amide bonds. The third kappa shape index (κ3) is 2.15. The smallest absolute Gasteiger partial charge is 0.328 e. The average molecular weight is 213 g/mol. The lowest BCUT2D eigenvalue weighted by molar-refractivity contribution is -0.130. The van der Waals surface area contributed by atoms with Gasteiger partial charge in [0, 0.05) is 11.8 Å². The van der Waals surface area contributed by atoms with Crippen LogP contribution in [0.5, 0.6) is 0 Å².